The summed E-state index contributed by atoms with van der Waals surface area (Å²) in [5, 5.41) is 2.99. The first-order valence-corrected chi connectivity index (χ1v) is 15.4. The first-order chi connectivity index (χ1) is 8.73. The topological polar surface area (TPSA) is 12.9 Å². The Morgan fingerprint density at radius 3 is 2.42 bits per heavy atom. The molecule has 3 rings (SSSR count). The van der Waals surface area contributed by atoms with Crippen LogP contribution in [0.4, 0.5) is 0 Å². The molecular formula is C14H21NS2Si2. The van der Waals surface area contributed by atoms with Crippen LogP contribution in [-0.2, 0) is 6.42 Å². The maximum atomic E-state index is 4.86. The Labute approximate surface area is 125 Å². The monoisotopic (exact) mass is 323 g/mol. The van der Waals surface area contributed by atoms with Gasteiger partial charge in [-0.25, -0.2) is 4.98 Å². The molecule has 0 saturated heterocycles. The van der Waals surface area contributed by atoms with Crippen molar-refractivity contribution >= 4 is 47.5 Å². The van der Waals surface area contributed by atoms with Crippen LogP contribution < -0.4 is 9.69 Å². The summed E-state index contributed by atoms with van der Waals surface area (Å²) in [6, 6.07) is 2.49. The van der Waals surface area contributed by atoms with Crippen molar-refractivity contribution in [2.45, 2.75) is 46.5 Å². The van der Waals surface area contributed by atoms with Gasteiger partial charge in [-0.1, -0.05) is 26.2 Å². The molecule has 0 saturated carbocycles. The minimum absolute atomic E-state index is 1.08. The number of thiazole rings is 1. The third-order valence-corrected chi connectivity index (χ3v) is 26.6. The third-order valence-electron chi connectivity index (χ3n) is 4.87. The Balaban J connectivity index is 2.33. The summed E-state index contributed by atoms with van der Waals surface area (Å²) in [6.45, 7) is 14.8. The van der Waals surface area contributed by atoms with E-state index in [9.17, 15) is 0 Å². The van der Waals surface area contributed by atoms with Crippen LogP contribution in [0, 0.1) is 13.8 Å². The van der Waals surface area contributed by atoms with Crippen LogP contribution in [0.1, 0.15) is 20.5 Å². The SMILES string of the molecule is Cc1cc2c(s1)Cc1nc(C)sc1[Si](C)(C)[Si]2(C)C. The number of aryl methyl sites for hydroxylation is 2. The Morgan fingerprint density at radius 1 is 1.05 bits per heavy atom. The highest BCUT2D eigenvalue weighted by molar-refractivity contribution is 7.55. The number of fused-ring (bicyclic) bond motifs is 2. The largest absolute Gasteiger partial charge is 0.246 e. The third kappa shape index (κ3) is 1.86. The predicted octanol–water partition coefficient (Wildman–Crippen LogP) is 3.34. The molecule has 1 nitrogen and oxygen atoms in total. The average molecular weight is 324 g/mol. The van der Waals surface area contributed by atoms with Gasteiger partial charge in [-0.3, -0.25) is 0 Å². The number of hydrogen-bond acceptors (Lipinski definition) is 3. The van der Waals surface area contributed by atoms with Gasteiger partial charge in [0.1, 0.15) is 0 Å². The van der Waals surface area contributed by atoms with E-state index in [-0.39, 0.29) is 0 Å². The molecule has 0 aromatic carbocycles. The molecule has 0 bridgehead atoms. The average Bonchev–Trinajstić information content (AvgIpc) is 2.81. The van der Waals surface area contributed by atoms with E-state index in [1.165, 1.54) is 15.6 Å². The first-order valence-electron chi connectivity index (χ1n) is 6.80. The Hall–Kier alpha value is -0.236. The molecule has 1 aliphatic rings. The van der Waals surface area contributed by atoms with Gasteiger partial charge < -0.3 is 0 Å². The van der Waals surface area contributed by atoms with Gasteiger partial charge in [0, 0.05) is 20.7 Å². The highest BCUT2D eigenvalue weighted by Crippen LogP contribution is 2.31. The fraction of sp³-hybridized carbons (Fsp3) is 0.500. The van der Waals surface area contributed by atoms with Crippen LogP contribution in [0.3, 0.4) is 0 Å². The molecule has 2 aromatic rings. The van der Waals surface area contributed by atoms with Crippen LogP contribution in [0.15, 0.2) is 6.07 Å². The van der Waals surface area contributed by atoms with E-state index in [1.807, 2.05) is 22.7 Å². The van der Waals surface area contributed by atoms with Crippen molar-refractivity contribution in [3.8, 4) is 0 Å². The van der Waals surface area contributed by atoms with E-state index < -0.39 is 15.2 Å². The molecule has 2 aromatic heterocycles. The van der Waals surface area contributed by atoms with Crippen molar-refractivity contribution in [1.82, 2.24) is 4.98 Å². The van der Waals surface area contributed by atoms with E-state index in [2.05, 4.69) is 46.1 Å². The maximum Gasteiger partial charge on any atom is 0.0942 e. The minimum Gasteiger partial charge on any atom is -0.246 e. The zero-order valence-electron chi connectivity index (χ0n) is 12.5. The summed E-state index contributed by atoms with van der Waals surface area (Å²) >= 11 is 3.98. The van der Waals surface area contributed by atoms with Gasteiger partial charge in [-0.15, -0.1) is 22.7 Å². The smallest absolute Gasteiger partial charge is 0.0942 e. The molecule has 0 atom stereocenters. The molecule has 1 aliphatic heterocycles. The second-order valence-corrected chi connectivity index (χ2v) is 24.6. The number of rotatable bonds is 0. The van der Waals surface area contributed by atoms with Gasteiger partial charge in [0.2, 0.25) is 0 Å². The number of thiophene rings is 1. The van der Waals surface area contributed by atoms with E-state index in [0.717, 1.165) is 6.42 Å². The van der Waals surface area contributed by atoms with E-state index in [4.69, 9.17) is 4.98 Å². The normalized spacial score (nSPS) is 19.7. The van der Waals surface area contributed by atoms with Gasteiger partial charge in [0.15, 0.2) is 0 Å². The van der Waals surface area contributed by atoms with Crippen molar-refractivity contribution in [3.05, 3.63) is 26.5 Å². The van der Waals surface area contributed by atoms with Gasteiger partial charge in [-0.2, -0.15) is 0 Å². The fourth-order valence-electron chi connectivity index (χ4n) is 3.07. The number of nitrogens with zero attached hydrogens (tertiary/aromatic N) is 1. The second-order valence-electron chi connectivity index (χ2n) is 6.63. The molecule has 0 amide bonds. The molecule has 19 heavy (non-hydrogen) atoms. The van der Waals surface area contributed by atoms with Crippen LogP contribution >= 0.6 is 22.7 Å². The predicted molar refractivity (Wildman–Crippen MR) is 92.9 cm³/mol. The van der Waals surface area contributed by atoms with Crippen molar-refractivity contribution in [2.24, 2.45) is 0 Å². The Kier molecular flexibility index (Phi) is 2.99. The minimum atomic E-state index is -1.40. The zero-order valence-corrected chi connectivity index (χ0v) is 16.2. The quantitative estimate of drug-likeness (QED) is 0.678. The van der Waals surface area contributed by atoms with E-state index in [1.54, 1.807) is 14.6 Å². The van der Waals surface area contributed by atoms with Crippen molar-refractivity contribution < 1.29 is 0 Å². The molecule has 3 heterocycles. The second kappa shape index (κ2) is 4.13. The van der Waals surface area contributed by atoms with Gasteiger partial charge in [0.25, 0.3) is 0 Å². The standard InChI is InChI=1S/C14H21NS2Si2/c1-9-7-13-12(16-9)8-11-14(17-10(2)15-11)19(5,6)18(13,3)4/h7H,8H2,1-6H3. The van der Waals surface area contributed by atoms with Gasteiger partial charge in [0.05, 0.1) is 25.9 Å². The Morgan fingerprint density at radius 2 is 1.74 bits per heavy atom. The van der Waals surface area contributed by atoms with Crippen LogP contribution in [0.25, 0.3) is 0 Å². The molecular weight excluding hydrogens is 302 g/mol. The summed E-state index contributed by atoms with van der Waals surface area (Å²) in [7, 11) is -2.79. The van der Waals surface area contributed by atoms with Crippen LogP contribution in [0.2, 0.25) is 26.2 Å². The van der Waals surface area contributed by atoms with Gasteiger partial charge in [-0.05, 0) is 25.1 Å². The molecule has 102 valence electrons. The lowest BCUT2D eigenvalue weighted by Crippen LogP contribution is -2.68. The summed E-state index contributed by atoms with van der Waals surface area (Å²) < 4.78 is 1.68. The molecule has 0 unspecified atom stereocenters. The Bertz CT molecular complexity index is 596. The van der Waals surface area contributed by atoms with E-state index >= 15 is 0 Å². The highest BCUT2D eigenvalue weighted by Gasteiger charge is 2.49. The van der Waals surface area contributed by atoms with Gasteiger partial charge >= 0.3 is 0 Å². The number of hydrogen-bond donors (Lipinski definition) is 0. The lowest BCUT2D eigenvalue weighted by Gasteiger charge is -2.36. The summed E-state index contributed by atoms with van der Waals surface area (Å²) in [6.07, 6.45) is 1.08. The van der Waals surface area contributed by atoms with Crippen LogP contribution in [-0.4, -0.2) is 20.2 Å². The molecule has 0 spiro atoms. The molecule has 0 aliphatic carbocycles. The molecule has 0 radical (unpaired) electrons. The summed E-state index contributed by atoms with van der Waals surface area (Å²) in [5.41, 5.74) is 1.40. The highest BCUT2D eigenvalue weighted by atomic mass is 32.1. The van der Waals surface area contributed by atoms with Crippen molar-refractivity contribution in [3.63, 3.8) is 0 Å². The molecule has 0 N–H and O–H groups in total. The first kappa shape index (κ1) is 13.7. The van der Waals surface area contributed by atoms with Crippen molar-refractivity contribution in [1.29, 1.82) is 0 Å². The van der Waals surface area contributed by atoms with E-state index in [0.29, 0.717) is 0 Å². The summed E-state index contributed by atoms with van der Waals surface area (Å²) in [5.74, 6) is 0. The lowest BCUT2D eigenvalue weighted by molar-refractivity contribution is 1.12. The van der Waals surface area contributed by atoms with Crippen molar-refractivity contribution in [2.75, 3.05) is 0 Å². The van der Waals surface area contributed by atoms with Crippen LogP contribution in [0.5, 0.6) is 0 Å². The maximum absolute atomic E-state index is 4.86. The molecule has 5 heteroatoms. The molecule has 0 fully saturated rings. The number of aromatic nitrogens is 1. The fourth-order valence-corrected chi connectivity index (χ4v) is 18.5. The lowest BCUT2D eigenvalue weighted by atomic mass is 10.3. The zero-order chi connectivity index (χ0) is 14.0. The summed E-state index contributed by atoms with van der Waals surface area (Å²) in [4.78, 5) is 7.95.